The van der Waals surface area contributed by atoms with Crippen molar-refractivity contribution >= 4 is 33.9 Å². The number of nitrogens with one attached hydrogen (secondary N) is 1. The molecule has 1 unspecified atom stereocenters. The number of hydrogen-bond donors (Lipinski definition) is 1. The number of aromatic nitrogens is 1. The van der Waals surface area contributed by atoms with E-state index in [-0.39, 0.29) is 0 Å². The van der Waals surface area contributed by atoms with E-state index >= 15 is 0 Å². The number of benzene rings is 2. The average molecular weight is 338 g/mol. The maximum Gasteiger partial charge on any atom is 0.0722 e. The quantitative estimate of drug-likeness (QED) is 0.737. The molecule has 1 aliphatic rings. The van der Waals surface area contributed by atoms with Crippen LogP contribution in [0.1, 0.15) is 12.0 Å². The first-order valence-corrected chi connectivity index (χ1v) is 8.70. The number of aryl methyl sites for hydroxylation is 1. The molecular weight excluding hydrogens is 318 g/mol. The van der Waals surface area contributed by atoms with Crippen molar-refractivity contribution in [3.63, 3.8) is 0 Å². The van der Waals surface area contributed by atoms with Gasteiger partial charge in [0.1, 0.15) is 0 Å². The van der Waals surface area contributed by atoms with Crippen molar-refractivity contribution in [3.05, 3.63) is 65.3 Å². The third-order valence-electron chi connectivity index (χ3n) is 4.68. The number of nitrogens with zero attached hydrogens (tertiary/aromatic N) is 2. The third kappa shape index (κ3) is 2.92. The first kappa shape index (κ1) is 15.3. The molecular formula is C20H20ClN3. The van der Waals surface area contributed by atoms with Crippen LogP contribution < -0.4 is 10.2 Å². The number of hydrogen-bond acceptors (Lipinski definition) is 3. The third-order valence-corrected chi connectivity index (χ3v) is 4.91. The monoisotopic (exact) mass is 337 g/mol. The minimum absolute atomic E-state index is 0.425. The van der Waals surface area contributed by atoms with Crippen molar-refractivity contribution in [1.29, 1.82) is 0 Å². The maximum atomic E-state index is 6.13. The molecule has 0 amide bonds. The Balaban J connectivity index is 1.56. The molecule has 3 aromatic rings. The zero-order valence-electron chi connectivity index (χ0n) is 13.7. The second-order valence-electron chi connectivity index (χ2n) is 6.39. The summed E-state index contributed by atoms with van der Waals surface area (Å²) in [4.78, 5) is 6.91. The topological polar surface area (TPSA) is 28.2 Å². The van der Waals surface area contributed by atoms with Crippen LogP contribution in [-0.4, -0.2) is 24.1 Å². The van der Waals surface area contributed by atoms with Crippen molar-refractivity contribution in [2.45, 2.75) is 19.4 Å². The first-order valence-electron chi connectivity index (χ1n) is 8.32. The van der Waals surface area contributed by atoms with Crippen LogP contribution in [0.3, 0.4) is 0 Å². The van der Waals surface area contributed by atoms with Crippen molar-refractivity contribution in [1.82, 2.24) is 4.98 Å². The van der Waals surface area contributed by atoms with Gasteiger partial charge in [-0.15, -0.1) is 0 Å². The fourth-order valence-electron chi connectivity index (χ4n) is 3.42. The van der Waals surface area contributed by atoms with Gasteiger partial charge in [0.15, 0.2) is 0 Å². The summed E-state index contributed by atoms with van der Waals surface area (Å²) < 4.78 is 0. The van der Waals surface area contributed by atoms with Gasteiger partial charge in [0.25, 0.3) is 0 Å². The highest BCUT2D eigenvalue weighted by molar-refractivity contribution is 6.30. The fourth-order valence-corrected chi connectivity index (χ4v) is 3.61. The molecule has 1 saturated heterocycles. The molecule has 1 atom stereocenters. The molecule has 1 aromatic heterocycles. The van der Waals surface area contributed by atoms with Gasteiger partial charge in [-0.2, -0.15) is 0 Å². The Labute approximate surface area is 147 Å². The van der Waals surface area contributed by atoms with E-state index in [0.717, 1.165) is 30.0 Å². The van der Waals surface area contributed by atoms with E-state index in [1.807, 2.05) is 30.5 Å². The predicted octanol–water partition coefficient (Wildman–Crippen LogP) is 4.89. The SMILES string of the molecule is Cc1cnc2ccccc2c1NC1CCN(c2cccc(Cl)c2)C1. The molecule has 0 aliphatic carbocycles. The molecule has 0 bridgehead atoms. The predicted molar refractivity (Wildman–Crippen MR) is 102 cm³/mol. The molecule has 4 rings (SSSR count). The lowest BCUT2D eigenvalue weighted by Crippen LogP contribution is -2.26. The van der Waals surface area contributed by atoms with Gasteiger partial charge in [0.05, 0.1) is 5.52 Å². The minimum atomic E-state index is 0.425. The first-order chi connectivity index (χ1) is 11.7. The van der Waals surface area contributed by atoms with Gasteiger partial charge in [-0.25, -0.2) is 0 Å². The van der Waals surface area contributed by atoms with Crippen LogP contribution >= 0.6 is 11.6 Å². The molecule has 1 fully saturated rings. The van der Waals surface area contributed by atoms with Crippen LogP contribution in [0.5, 0.6) is 0 Å². The lowest BCUT2D eigenvalue weighted by molar-refractivity contribution is 0.807. The van der Waals surface area contributed by atoms with Crippen LogP contribution in [0, 0.1) is 6.92 Å². The van der Waals surface area contributed by atoms with E-state index in [9.17, 15) is 0 Å². The molecule has 2 aromatic carbocycles. The standard InChI is InChI=1S/C20H20ClN3/c1-14-12-22-19-8-3-2-7-18(19)20(14)23-16-9-10-24(13-16)17-6-4-5-15(21)11-17/h2-8,11-12,16H,9-10,13H2,1H3,(H,22,23). The smallest absolute Gasteiger partial charge is 0.0722 e. The van der Waals surface area contributed by atoms with Gasteiger partial charge in [0.2, 0.25) is 0 Å². The summed E-state index contributed by atoms with van der Waals surface area (Å²) in [6.07, 6.45) is 3.07. The minimum Gasteiger partial charge on any atom is -0.380 e. The Bertz CT molecular complexity index is 878. The van der Waals surface area contributed by atoms with Crippen LogP contribution in [0.25, 0.3) is 10.9 Å². The second kappa shape index (κ2) is 6.33. The van der Waals surface area contributed by atoms with Gasteiger partial charge in [-0.05, 0) is 43.2 Å². The van der Waals surface area contributed by atoms with Gasteiger partial charge >= 0.3 is 0 Å². The van der Waals surface area contributed by atoms with E-state index in [2.05, 4.69) is 46.4 Å². The van der Waals surface area contributed by atoms with E-state index in [1.54, 1.807) is 0 Å². The Morgan fingerprint density at radius 3 is 2.92 bits per heavy atom. The zero-order valence-corrected chi connectivity index (χ0v) is 14.4. The van der Waals surface area contributed by atoms with Crippen molar-refractivity contribution in [3.8, 4) is 0 Å². The summed E-state index contributed by atoms with van der Waals surface area (Å²) in [5, 5.41) is 5.74. The molecule has 3 nitrogen and oxygen atoms in total. The van der Waals surface area contributed by atoms with E-state index in [0.29, 0.717) is 6.04 Å². The lowest BCUT2D eigenvalue weighted by Gasteiger charge is -2.21. The number of pyridine rings is 1. The van der Waals surface area contributed by atoms with E-state index < -0.39 is 0 Å². The summed E-state index contributed by atoms with van der Waals surface area (Å²) in [5.74, 6) is 0. The molecule has 0 spiro atoms. The number of rotatable bonds is 3. The van der Waals surface area contributed by atoms with E-state index in [1.165, 1.54) is 22.3 Å². The molecule has 4 heteroatoms. The van der Waals surface area contributed by atoms with Gasteiger partial charge < -0.3 is 10.2 Å². The molecule has 24 heavy (non-hydrogen) atoms. The number of anilines is 2. The van der Waals surface area contributed by atoms with Crippen LogP contribution in [0.2, 0.25) is 5.02 Å². The molecule has 1 aliphatic heterocycles. The summed E-state index contributed by atoms with van der Waals surface area (Å²) in [5.41, 5.74) is 4.63. The van der Waals surface area contributed by atoms with Crippen LogP contribution in [0.4, 0.5) is 11.4 Å². The maximum absolute atomic E-state index is 6.13. The summed E-state index contributed by atoms with van der Waals surface area (Å²) in [7, 11) is 0. The molecule has 0 radical (unpaired) electrons. The fraction of sp³-hybridized carbons (Fsp3) is 0.250. The van der Waals surface area contributed by atoms with Gasteiger partial charge in [0, 0.05) is 47.1 Å². The summed E-state index contributed by atoms with van der Waals surface area (Å²) in [6.45, 7) is 4.14. The number of fused-ring (bicyclic) bond motifs is 1. The normalized spacial score (nSPS) is 17.4. The number of halogens is 1. The van der Waals surface area contributed by atoms with Crippen molar-refractivity contribution in [2.24, 2.45) is 0 Å². The van der Waals surface area contributed by atoms with E-state index in [4.69, 9.17) is 11.6 Å². The van der Waals surface area contributed by atoms with Gasteiger partial charge in [-0.1, -0.05) is 35.9 Å². The average Bonchev–Trinajstić information content (AvgIpc) is 3.06. The Morgan fingerprint density at radius 1 is 1.17 bits per heavy atom. The Morgan fingerprint density at radius 2 is 2.04 bits per heavy atom. The Hall–Kier alpha value is -2.26. The van der Waals surface area contributed by atoms with Crippen LogP contribution in [-0.2, 0) is 0 Å². The highest BCUT2D eigenvalue weighted by Gasteiger charge is 2.23. The Kier molecular flexibility index (Phi) is 4.03. The highest BCUT2D eigenvalue weighted by Crippen LogP contribution is 2.29. The van der Waals surface area contributed by atoms with Gasteiger partial charge in [-0.3, -0.25) is 4.98 Å². The molecule has 2 heterocycles. The molecule has 0 saturated carbocycles. The second-order valence-corrected chi connectivity index (χ2v) is 6.83. The molecule has 122 valence electrons. The van der Waals surface area contributed by atoms with Crippen LogP contribution in [0.15, 0.2) is 54.7 Å². The summed E-state index contributed by atoms with van der Waals surface area (Å²) in [6, 6.07) is 16.8. The highest BCUT2D eigenvalue weighted by atomic mass is 35.5. The molecule has 1 N–H and O–H groups in total. The lowest BCUT2D eigenvalue weighted by atomic mass is 10.1. The zero-order chi connectivity index (χ0) is 16.5. The van der Waals surface area contributed by atoms with Crippen molar-refractivity contribution in [2.75, 3.05) is 23.3 Å². The number of para-hydroxylation sites is 1. The van der Waals surface area contributed by atoms with Crippen molar-refractivity contribution < 1.29 is 0 Å². The largest absolute Gasteiger partial charge is 0.380 e. The summed E-state index contributed by atoms with van der Waals surface area (Å²) >= 11 is 6.13.